The molecular weight excluding hydrogens is 296 g/mol. The van der Waals surface area contributed by atoms with Crippen LogP contribution in [-0.4, -0.2) is 23.3 Å². The number of anilines is 1. The standard InChI is InChI=1S/C14H13ClN2O2S/c1-9(18)20-8-11-5-14(19)17(7-11)13-4-10(6-16)2-3-12(13)15/h2-4,11H,5,7-8H2,1H3. The first-order valence-electron chi connectivity index (χ1n) is 6.14. The summed E-state index contributed by atoms with van der Waals surface area (Å²) in [6.45, 7) is 2.06. The predicted octanol–water partition coefficient (Wildman–Crippen LogP) is 2.84. The lowest BCUT2D eigenvalue weighted by Crippen LogP contribution is -2.25. The van der Waals surface area contributed by atoms with Crippen molar-refractivity contribution in [3.05, 3.63) is 28.8 Å². The number of rotatable bonds is 3. The molecule has 1 aromatic carbocycles. The number of nitriles is 1. The Bertz CT molecular complexity index is 597. The highest BCUT2D eigenvalue weighted by atomic mass is 35.5. The van der Waals surface area contributed by atoms with Gasteiger partial charge in [-0.1, -0.05) is 23.4 Å². The van der Waals surface area contributed by atoms with Gasteiger partial charge in [-0.05, 0) is 24.1 Å². The molecule has 4 nitrogen and oxygen atoms in total. The van der Waals surface area contributed by atoms with Crippen LogP contribution >= 0.6 is 23.4 Å². The highest BCUT2D eigenvalue weighted by Crippen LogP contribution is 2.33. The summed E-state index contributed by atoms with van der Waals surface area (Å²) < 4.78 is 0. The average Bonchev–Trinajstić information content (AvgIpc) is 2.78. The van der Waals surface area contributed by atoms with Crippen LogP contribution < -0.4 is 4.90 Å². The van der Waals surface area contributed by atoms with Crippen molar-refractivity contribution in [2.45, 2.75) is 13.3 Å². The molecule has 1 heterocycles. The molecule has 1 fully saturated rings. The van der Waals surface area contributed by atoms with E-state index in [-0.39, 0.29) is 16.9 Å². The number of amides is 1. The molecule has 0 N–H and O–H groups in total. The van der Waals surface area contributed by atoms with Gasteiger partial charge < -0.3 is 4.90 Å². The molecule has 1 amide bonds. The van der Waals surface area contributed by atoms with E-state index in [0.717, 1.165) is 0 Å². The number of benzene rings is 1. The fourth-order valence-electron chi connectivity index (χ4n) is 2.15. The third-order valence-corrected chi connectivity index (χ3v) is 4.46. The lowest BCUT2D eigenvalue weighted by Gasteiger charge is -2.18. The highest BCUT2D eigenvalue weighted by molar-refractivity contribution is 8.13. The molecule has 0 spiro atoms. The lowest BCUT2D eigenvalue weighted by atomic mass is 10.1. The molecule has 0 bridgehead atoms. The van der Waals surface area contributed by atoms with Crippen LogP contribution in [0.3, 0.4) is 0 Å². The van der Waals surface area contributed by atoms with Gasteiger partial charge in [0.15, 0.2) is 5.12 Å². The van der Waals surface area contributed by atoms with Crippen LogP contribution in [0.4, 0.5) is 5.69 Å². The average molecular weight is 309 g/mol. The van der Waals surface area contributed by atoms with Crippen LogP contribution in [0.15, 0.2) is 18.2 Å². The summed E-state index contributed by atoms with van der Waals surface area (Å²) in [6.07, 6.45) is 0.410. The first kappa shape index (κ1) is 14.9. The van der Waals surface area contributed by atoms with Gasteiger partial charge in [0.2, 0.25) is 5.91 Å². The van der Waals surface area contributed by atoms with E-state index in [1.165, 1.54) is 18.7 Å². The molecule has 1 saturated heterocycles. The molecule has 0 saturated carbocycles. The number of nitrogens with zero attached hydrogens (tertiary/aromatic N) is 2. The Morgan fingerprint density at radius 2 is 2.35 bits per heavy atom. The first-order chi connectivity index (χ1) is 9.51. The fourth-order valence-corrected chi connectivity index (χ4v) is 3.06. The Morgan fingerprint density at radius 1 is 1.60 bits per heavy atom. The van der Waals surface area contributed by atoms with Gasteiger partial charge in [-0.2, -0.15) is 5.26 Å². The highest BCUT2D eigenvalue weighted by Gasteiger charge is 2.31. The molecule has 6 heteroatoms. The number of hydrogen-bond acceptors (Lipinski definition) is 4. The first-order valence-corrected chi connectivity index (χ1v) is 7.51. The largest absolute Gasteiger partial charge is 0.311 e. The Balaban J connectivity index is 2.16. The Labute approximate surface area is 126 Å². The van der Waals surface area contributed by atoms with Crippen molar-refractivity contribution in [3.63, 3.8) is 0 Å². The van der Waals surface area contributed by atoms with E-state index in [0.29, 0.717) is 35.0 Å². The summed E-state index contributed by atoms with van der Waals surface area (Å²) >= 11 is 7.35. The van der Waals surface area contributed by atoms with E-state index >= 15 is 0 Å². The Hall–Kier alpha value is -1.51. The van der Waals surface area contributed by atoms with Gasteiger partial charge in [0.1, 0.15) is 0 Å². The second-order valence-corrected chi connectivity index (χ2v) is 6.26. The molecule has 0 radical (unpaired) electrons. The number of halogens is 1. The number of carbonyl (C=O) groups is 2. The Kier molecular flexibility index (Phi) is 4.69. The van der Waals surface area contributed by atoms with E-state index in [1.54, 1.807) is 23.1 Å². The molecule has 1 unspecified atom stereocenters. The molecule has 104 valence electrons. The zero-order chi connectivity index (χ0) is 14.7. The number of thioether (sulfide) groups is 1. The third kappa shape index (κ3) is 3.33. The van der Waals surface area contributed by atoms with Crippen molar-refractivity contribution in [1.82, 2.24) is 0 Å². The fraction of sp³-hybridized carbons (Fsp3) is 0.357. The minimum atomic E-state index is -0.0175. The summed E-state index contributed by atoms with van der Waals surface area (Å²) in [5.41, 5.74) is 1.05. The molecule has 20 heavy (non-hydrogen) atoms. The molecule has 0 aromatic heterocycles. The molecule has 0 aliphatic carbocycles. The van der Waals surface area contributed by atoms with Crippen LogP contribution in [0.2, 0.25) is 5.02 Å². The topological polar surface area (TPSA) is 61.2 Å². The molecule has 1 aromatic rings. The monoisotopic (exact) mass is 308 g/mol. The minimum Gasteiger partial charge on any atom is -0.311 e. The SMILES string of the molecule is CC(=O)SCC1CC(=O)N(c2cc(C#N)ccc2Cl)C1. The maximum atomic E-state index is 12.1. The van der Waals surface area contributed by atoms with Crippen LogP contribution in [-0.2, 0) is 9.59 Å². The molecule has 2 rings (SSSR count). The van der Waals surface area contributed by atoms with Gasteiger partial charge in [-0.25, -0.2) is 0 Å². The van der Waals surface area contributed by atoms with Gasteiger partial charge in [-0.15, -0.1) is 0 Å². The van der Waals surface area contributed by atoms with Crippen LogP contribution in [0.5, 0.6) is 0 Å². The van der Waals surface area contributed by atoms with Crippen molar-refractivity contribution in [3.8, 4) is 6.07 Å². The van der Waals surface area contributed by atoms with Gasteiger partial charge in [0.05, 0.1) is 22.3 Å². The minimum absolute atomic E-state index is 0.0175. The van der Waals surface area contributed by atoms with Crippen molar-refractivity contribution in [2.75, 3.05) is 17.2 Å². The van der Waals surface area contributed by atoms with Crippen molar-refractivity contribution >= 4 is 40.1 Å². The molecule has 1 atom stereocenters. The van der Waals surface area contributed by atoms with E-state index in [1.807, 2.05) is 6.07 Å². The number of carbonyl (C=O) groups excluding carboxylic acids is 2. The van der Waals surface area contributed by atoms with Crippen molar-refractivity contribution < 1.29 is 9.59 Å². The number of hydrogen-bond donors (Lipinski definition) is 0. The summed E-state index contributed by atoms with van der Waals surface area (Å²) in [5, 5.41) is 9.43. The lowest BCUT2D eigenvalue weighted by molar-refractivity contribution is -0.117. The van der Waals surface area contributed by atoms with Gasteiger partial charge in [0.25, 0.3) is 0 Å². The second kappa shape index (κ2) is 6.29. The van der Waals surface area contributed by atoms with Gasteiger partial charge >= 0.3 is 0 Å². The van der Waals surface area contributed by atoms with Gasteiger partial charge in [0, 0.05) is 25.6 Å². The zero-order valence-corrected chi connectivity index (χ0v) is 12.5. The van der Waals surface area contributed by atoms with E-state index in [4.69, 9.17) is 16.9 Å². The summed E-state index contributed by atoms with van der Waals surface area (Å²) in [4.78, 5) is 24.7. The molecular formula is C14H13ClN2O2S. The predicted molar refractivity (Wildman–Crippen MR) is 79.8 cm³/mol. The van der Waals surface area contributed by atoms with E-state index in [2.05, 4.69) is 0 Å². The van der Waals surface area contributed by atoms with Crippen LogP contribution in [0.25, 0.3) is 0 Å². The quantitative estimate of drug-likeness (QED) is 0.861. The third-order valence-electron chi connectivity index (χ3n) is 3.09. The maximum absolute atomic E-state index is 12.1. The summed E-state index contributed by atoms with van der Waals surface area (Å²) in [7, 11) is 0. The normalized spacial score (nSPS) is 18.1. The van der Waals surface area contributed by atoms with Crippen molar-refractivity contribution in [1.29, 1.82) is 5.26 Å². The van der Waals surface area contributed by atoms with Crippen LogP contribution in [0, 0.1) is 17.2 Å². The van der Waals surface area contributed by atoms with E-state index < -0.39 is 0 Å². The van der Waals surface area contributed by atoms with Crippen molar-refractivity contribution in [2.24, 2.45) is 5.92 Å². The summed E-state index contributed by atoms with van der Waals surface area (Å²) in [5.74, 6) is 0.752. The summed E-state index contributed by atoms with van der Waals surface area (Å²) in [6, 6.07) is 6.91. The smallest absolute Gasteiger partial charge is 0.227 e. The van der Waals surface area contributed by atoms with E-state index in [9.17, 15) is 9.59 Å². The molecule has 1 aliphatic heterocycles. The maximum Gasteiger partial charge on any atom is 0.227 e. The van der Waals surface area contributed by atoms with Gasteiger partial charge in [-0.3, -0.25) is 9.59 Å². The zero-order valence-electron chi connectivity index (χ0n) is 10.9. The second-order valence-electron chi connectivity index (χ2n) is 4.66. The Morgan fingerprint density at radius 3 is 3.00 bits per heavy atom. The van der Waals surface area contributed by atoms with Crippen LogP contribution in [0.1, 0.15) is 18.9 Å². The molecule has 1 aliphatic rings.